The second kappa shape index (κ2) is 8.35. The van der Waals surface area contributed by atoms with E-state index in [1.165, 1.54) is 12.4 Å². The first-order valence-corrected chi connectivity index (χ1v) is 10.0. The molecule has 158 valence electrons. The number of hydrogen-bond acceptors (Lipinski definition) is 7. The zero-order chi connectivity index (χ0) is 21.9. The molecule has 4 aromatic rings. The number of anilines is 3. The number of pyridine rings is 1. The molecule has 1 N–H and O–H groups in total. The van der Waals surface area contributed by atoms with Gasteiger partial charge in [0.1, 0.15) is 30.3 Å². The second-order valence-corrected chi connectivity index (χ2v) is 7.01. The van der Waals surface area contributed by atoms with Crippen molar-refractivity contribution in [3.8, 4) is 17.2 Å². The number of fused-ring (bicyclic) bond motifs is 3. The van der Waals surface area contributed by atoms with Crippen molar-refractivity contribution in [2.45, 2.75) is 0 Å². The molecule has 2 aromatic carbocycles. The first-order chi connectivity index (χ1) is 15.7. The largest absolute Gasteiger partial charge is 0.489 e. The SMILES string of the molecule is C=CC(=O)N1CCOc2c1ccc1ncnc(Nc3ccc(Oc4cccnc4)cc3)c21. The summed E-state index contributed by atoms with van der Waals surface area (Å²) in [5.74, 6) is 2.33. The van der Waals surface area contributed by atoms with Gasteiger partial charge >= 0.3 is 0 Å². The Bertz CT molecular complexity index is 1290. The fourth-order valence-electron chi connectivity index (χ4n) is 3.55. The third-order valence-electron chi connectivity index (χ3n) is 5.02. The monoisotopic (exact) mass is 425 g/mol. The van der Waals surface area contributed by atoms with Crippen LogP contribution in [-0.4, -0.2) is 34.0 Å². The van der Waals surface area contributed by atoms with Gasteiger partial charge in [-0.15, -0.1) is 0 Å². The predicted molar refractivity (Wildman–Crippen MR) is 122 cm³/mol. The highest BCUT2D eigenvalue weighted by molar-refractivity contribution is 6.07. The van der Waals surface area contributed by atoms with Gasteiger partial charge in [0.15, 0.2) is 5.75 Å². The van der Waals surface area contributed by atoms with Gasteiger partial charge in [-0.05, 0) is 54.6 Å². The van der Waals surface area contributed by atoms with Gasteiger partial charge in [0, 0.05) is 11.9 Å². The second-order valence-electron chi connectivity index (χ2n) is 7.01. The lowest BCUT2D eigenvalue weighted by molar-refractivity contribution is -0.114. The normalized spacial score (nSPS) is 12.6. The number of benzene rings is 2. The van der Waals surface area contributed by atoms with Gasteiger partial charge in [0.05, 0.1) is 29.3 Å². The number of amides is 1. The smallest absolute Gasteiger partial charge is 0.250 e. The Hall–Kier alpha value is -4.46. The van der Waals surface area contributed by atoms with Crippen LogP contribution in [0.5, 0.6) is 17.2 Å². The molecular weight excluding hydrogens is 406 g/mol. The highest BCUT2D eigenvalue weighted by Gasteiger charge is 2.25. The first kappa shape index (κ1) is 19.5. The molecule has 0 bridgehead atoms. The fourth-order valence-corrected chi connectivity index (χ4v) is 3.55. The number of carbonyl (C=O) groups is 1. The van der Waals surface area contributed by atoms with E-state index in [2.05, 4.69) is 26.8 Å². The molecule has 0 unspecified atom stereocenters. The van der Waals surface area contributed by atoms with Crippen molar-refractivity contribution < 1.29 is 14.3 Å². The number of rotatable bonds is 5. The number of hydrogen-bond donors (Lipinski definition) is 1. The van der Waals surface area contributed by atoms with E-state index in [1.807, 2.05) is 48.5 Å². The molecule has 0 saturated heterocycles. The van der Waals surface area contributed by atoms with Crippen molar-refractivity contribution in [3.05, 3.63) is 79.9 Å². The molecule has 5 rings (SSSR count). The van der Waals surface area contributed by atoms with Crippen LogP contribution in [0.4, 0.5) is 17.2 Å². The molecule has 1 aliphatic rings. The van der Waals surface area contributed by atoms with Crippen molar-refractivity contribution >= 4 is 34.0 Å². The first-order valence-electron chi connectivity index (χ1n) is 10.0. The molecular formula is C24H19N5O3. The standard InChI is InChI=1S/C24H19N5O3/c1-2-21(30)29-12-13-31-23-20(29)10-9-19-22(23)24(27-15-26-19)28-16-5-7-17(8-6-16)32-18-4-3-11-25-14-18/h2-11,14-15H,1,12-13H2,(H,26,27,28). The Morgan fingerprint density at radius 2 is 2.00 bits per heavy atom. The highest BCUT2D eigenvalue weighted by atomic mass is 16.5. The van der Waals surface area contributed by atoms with Crippen LogP contribution >= 0.6 is 0 Å². The van der Waals surface area contributed by atoms with E-state index in [0.29, 0.717) is 52.8 Å². The number of ether oxygens (including phenoxy) is 2. The van der Waals surface area contributed by atoms with Crippen molar-refractivity contribution in [1.29, 1.82) is 0 Å². The van der Waals surface area contributed by atoms with Crippen molar-refractivity contribution in [2.24, 2.45) is 0 Å². The van der Waals surface area contributed by atoms with E-state index < -0.39 is 0 Å². The molecule has 32 heavy (non-hydrogen) atoms. The average molecular weight is 425 g/mol. The molecule has 2 aromatic heterocycles. The summed E-state index contributed by atoms with van der Waals surface area (Å²) < 4.78 is 11.7. The minimum atomic E-state index is -0.176. The van der Waals surface area contributed by atoms with Crippen molar-refractivity contribution in [3.63, 3.8) is 0 Å². The van der Waals surface area contributed by atoms with Crippen molar-refractivity contribution in [2.75, 3.05) is 23.4 Å². The summed E-state index contributed by atoms with van der Waals surface area (Å²) in [6.45, 7) is 4.43. The van der Waals surface area contributed by atoms with Gasteiger partial charge in [-0.3, -0.25) is 9.78 Å². The summed E-state index contributed by atoms with van der Waals surface area (Å²) in [7, 11) is 0. The zero-order valence-electron chi connectivity index (χ0n) is 17.1. The lowest BCUT2D eigenvalue weighted by Crippen LogP contribution is -2.36. The molecule has 0 aliphatic carbocycles. The predicted octanol–water partition coefficient (Wildman–Crippen LogP) is 4.47. The van der Waals surface area contributed by atoms with E-state index in [9.17, 15) is 4.79 Å². The van der Waals surface area contributed by atoms with E-state index >= 15 is 0 Å². The van der Waals surface area contributed by atoms with Gasteiger partial charge in [0.25, 0.3) is 5.91 Å². The Balaban J connectivity index is 1.47. The molecule has 3 heterocycles. The van der Waals surface area contributed by atoms with E-state index in [-0.39, 0.29) is 5.91 Å². The molecule has 0 radical (unpaired) electrons. The summed E-state index contributed by atoms with van der Waals surface area (Å²) in [6, 6.07) is 14.8. The highest BCUT2D eigenvalue weighted by Crippen LogP contribution is 2.41. The molecule has 8 heteroatoms. The summed E-state index contributed by atoms with van der Waals surface area (Å²) in [5, 5.41) is 4.03. The van der Waals surface area contributed by atoms with E-state index in [4.69, 9.17) is 9.47 Å². The molecule has 1 aliphatic heterocycles. The maximum atomic E-state index is 12.3. The Kier molecular flexibility index (Phi) is 5.09. The van der Waals surface area contributed by atoms with Crippen LogP contribution in [0, 0.1) is 0 Å². The summed E-state index contributed by atoms with van der Waals surface area (Å²) in [5.41, 5.74) is 2.20. The summed E-state index contributed by atoms with van der Waals surface area (Å²) >= 11 is 0. The van der Waals surface area contributed by atoms with Gasteiger partial charge in [-0.25, -0.2) is 9.97 Å². The van der Waals surface area contributed by atoms with Crippen LogP contribution in [0.15, 0.2) is 79.9 Å². The van der Waals surface area contributed by atoms with Gasteiger partial charge < -0.3 is 19.7 Å². The lowest BCUT2D eigenvalue weighted by Gasteiger charge is -2.29. The fraction of sp³-hybridized carbons (Fsp3) is 0.0833. The van der Waals surface area contributed by atoms with Crippen LogP contribution in [0.1, 0.15) is 0 Å². The molecule has 0 fully saturated rings. The Morgan fingerprint density at radius 1 is 1.12 bits per heavy atom. The summed E-state index contributed by atoms with van der Waals surface area (Å²) in [6.07, 6.45) is 6.14. The third kappa shape index (κ3) is 3.69. The molecule has 8 nitrogen and oxygen atoms in total. The molecule has 1 amide bonds. The Labute approximate surface area is 184 Å². The van der Waals surface area contributed by atoms with Crippen molar-refractivity contribution in [1.82, 2.24) is 15.0 Å². The van der Waals surface area contributed by atoms with Crippen LogP contribution in [0.25, 0.3) is 10.9 Å². The van der Waals surface area contributed by atoms with Crippen LogP contribution < -0.4 is 19.7 Å². The van der Waals surface area contributed by atoms with Gasteiger partial charge in [0.2, 0.25) is 0 Å². The average Bonchev–Trinajstić information content (AvgIpc) is 2.85. The quantitative estimate of drug-likeness (QED) is 0.472. The van der Waals surface area contributed by atoms with Gasteiger partial charge in [-0.2, -0.15) is 0 Å². The number of nitrogens with zero attached hydrogens (tertiary/aromatic N) is 4. The topological polar surface area (TPSA) is 89.5 Å². The maximum absolute atomic E-state index is 12.3. The van der Waals surface area contributed by atoms with E-state index in [1.54, 1.807) is 17.3 Å². The lowest BCUT2D eigenvalue weighted by atomic mass is 10.1. The van der Waals surface area contributed by atoms with Crippen LogP contribution in [0.2, 0.25) is 0 Å². The molecule has 0 spiro atoms. The summed E-state index contributed by atoms with van der Waals surface area (Å²) in [4.78, 5) is 26.8. The van der Waals surface area contributed by atoms with Crippen LogP contribution in [0.3, 0.4) is 0 Å². The maximum Gasteiger partial charge on any atom is 0.250 e. The number of aromatic nitrogens is 3. The molecule has 0 atom stereocenters. The third-order valence-corrected chi connectivity index (χ3v) is 5.02. The molecule has 0 saturated carbocycles. The Morgan fingerprint density at radius 3 is 2.78 bits per heavy atom. The zero-order valence-corrected chi connectivity index (χ0v) is 17.1. The number of carbonyl (C=O) groups excluding carboxylic acids is 1. The van der Waals surface area contributed by atoms with Crippen LogP contribution in [-0.2, 0) is 4.79 Å². The van der Waals surface area contributed by atoms with E-state index in [0.717, 1.165) is 5.69 Å². The number of nitrogens with one attached hydrogen (secondary N) is 1. The minimum Gasteiger partial charge on any atom is -0.489 e. The minimum absolute atomic E-state index is 0.176. The van der Waals surface area contributed by atoms with Gasteiger partial charge in [-0.1, -0.05) is 6.58 Å².